The van der Waals surface area contributed by atoms with Crippen LogP contribution in [0.3, 0.4) is 0 Å². The van der Waals surface area contributed by atoms with Crippen molar-refractivity contribution in [2.75, 3.05) is 13.2 Å². The molecule has 0 aliphatic rings. The molecule has 4 nitrogen and oxygen atoms in total. The molecule has 0 atom stereocenters. The highest BCUT2D eigenvalue weighted by molar-refractivity contribution is 6.58. The summed E-state index contributed by atoms with van der Waals surface area (Å²) in [6, 6.07) is 11.5. The number of hydrogen-bond acceptors (Lipinski definition) is 4. The van der Waals surface area contributed by atoms with Crippen molar-refractivity contribution >= 4 is 35.8 Å². The first-order valence-electron chi connectivity index (χ1n) is 6.23. The van der Waals surface area contributed by atoms with Gasteiger partial charge in [0.25, 0.3) is 0 Å². The van der Waals surface area contributed by atoms with Crippen molar-refractivity contribution in [2.45, 2.75) is 0 Å². The Morgan fingerprint density at radius 3 is 2.43 bits per heavy atom. The maximum Gasteiger partial charge on any atom is 0.488 e. The number of rotatable bonds is 6. The minimum Gasteiger partial charge on any atom is -0.490 e. The van der Waals surface area contributed by atoms with Crippen LogP contribution in [0.5, 0.6) is 11.5 Å². The molecule has 2 N–H and O–H groups in total. The van der Waals surface area contributed by atoms with Gasteiger partial charge >= 0.3 is 7.12 Å². The van der Waals surface area contributed by atoms with Crippen LogP contribution in [-0.2, 0) is 0 Å². The van der Waals surface area contributed by atoms with Crippen LogP contribution in [-0.4, -0.2) is 30.4 Å². The Balaban J connectivity index is 1.83. The first-order chi connectivity index (χ1) is 10.1. The lowest BCUT2D eigenvalue weighted by Gasteiger charge is -2.10. The molecule has 21 heavy (non-hydrogen) atoms. The van der Waals surface area contributed by atoms with E-state index in [1.54, 1.807) is 42.5 Å². The van der Waals surface area contributed by atoms with Gasteiger partial charge in [0, 0.05) is 5.02 Å². The average Bonchev–Trinajstić information content (AvgIpc) is 2.45. The smallest absolute Gasteiger partial charge is 0.488 e. The van der Waals surface area contributed by atoms with Gasteiger partial charge in [0.2, 0.25) is 0 Å². The predicted octanol–water partition coefficient (Wildman–Crippen LogP) is 2.13. The van der Waals surface area contributed by atoms with Gasteiger partial charge in [-0.25, -0.2) is 0 Å². The standard InChI is InChI=1S/C14H13BCl2O4/c16-11-4-5-14(13(17)9-11)21-7-6-20-12-3-1-2-10(8-12)15(18)19/h1-5,8-9,18-19H,6-7H2. The molecular formula is C14H13BCl2O4. The highest BCUT2D eigenvalue weighted by Crippen LogP contribution is 2.27. The molecule has 0 saturated carbocycles. The summed E-state index contributed by atoms with van der Waals surface area (Å²) >= 11 is 11.8. The SMILES string of the molecule is OB(O)c1cccc(OCCOc2ccc(Cl)cc2Cl)c1. The minimum absolute atomic E-state index is 0.296. The summed E-state index contributed by atoms with van der Waals surface area (Å²) in [6.07, 6.45) is 0. The maximum atomic E-state index is 9.07. The van der Waals surface area contributed by atoms with E-state index in [9.17, 15) is 0 Å². The van der Waals surface area contributed by atoms with E-state index in [0.717, 1.165) is 0 Å². The van der Waals surface area contributed by atoms with Crippen molar-refractivity contribution < 1.29 is 19.5 Å². The second-order valence-electron chi connectivity index (χ2n) is 4.22. The third kappa shape index (κ3) is 4.83. The van der Waals surface area contributed by atoms with E-state index in [0.29, 0.717) is 40.2 Å². The molecule has 0 unspecified atom stereocenters. The molecule has 0 amide bonds. The van der Waals surface area contributed by atoms with Crippen molar-refractivity contribution in [2.24, 2.45) is 0 Å². The molecule has 7 heteroatoms. The fourth-order valence-electron chi connectivity index (χ4n) is 1.67. The Bertz CT molecular complexity index is 607. The van der Waals surface area contributed by atoms with Crippen LogP contribution in [0.1, 0.15) is 0 Å². The molecule has 0 fully saturated rings. The number of halogens is 2. The molecule has 0 aliphatic carbocycles. The fraction of sp³-hybridized carbons (Fsp3) is 0.143. The van der Waals surface area contributed by atoms with Crippen LogP contribution in [0.25, 0.3) is 0 Å². The molecule has 2 rings (SSSR count). The lowest BCUT2D eigenvalue weighted by atomic mass is 9.80. The van der Waals surface area contributed by atoms with Crippen molar-refractivity contribution in [1.82, 2.24) is 0 Å². The summed E-state index contributed by atoms with van der Waals surface area (Å²) in [6.45, 7) is 0.594. The van der Waals surface area contributed by atoms with Gasteiger partial charge in [0.15, 0.2) is 0 Å². The predicted molar refractivity (Wildman–Crippen MR) is 83.7 cm³/mol. The first-order valence-corrected chi connectivity index (χ1v) is 6.98. The van der Waals surface area contributed by atoms with Crippen molar-refractivity contribution in [1.29, 1.82) is 0 Å². The van der Waals surface area contributed by atoms with E-state index in [-0.39, 0.29) is 0 Å². The summed E-state index contributed by atoms with van der Waals surface area (Å²) < 4.78 is 10.9. The summed E-state index contributed by atoms with van der Waals surface area (Å²) in [5.74, 6) is 1.07. The Labute approximate surface area is 133 Å². The molecule has 0 bridgehead atoms. The summed E-state index contributed by atoms with van der Waals surface area (Å²) in [4.78, 5) is 0. The van der Waals surface area contributed by atoms with Gasteiger partial charge in [0.1, 0.15) is 24.7 Å². The molecule has 0 aliphatic heterocycles. The highest BCUT2D eigenvalue weighted by Gasteiger charge is 2.11. The summed E-state index contributed by atoms with van der Waals surface area (Å²) in [5, 5.41) is 19.1. The third-order valence-electron chi connectivity index (χ3n) is 2.66. The summed E-state index contributed by atoms with van der Waals surface area (Å²) in [7, 11) is -1.52. The Kier molecular flexibility index (Phi) is 5.76. The van der Waals surface area contributed by atoms with Crippen LogP contribution in [0.15, 0.2) is 42.5 Å². The largest absolute Gasteiger partial charge is 0.490 e. The normalized spacial score (nSPS) is 10.3. The second-order valence-corrected chi connectivity index (χ2v) is 5.06. The van der Waals surface area contributed by atoms with Crippen molar-refractivity contribution in [3.05, 3.63) is 52.5 Å². The molecule has 2 aromatic rings. The van der Waals surface area contributed by atoms with E-state index in [2.05, 4.69) is 0 Å². The maximum absolute atomic E-state index is 9.07. The van der Waals surface area contributed by atoms with Crippen LogP contribution in [0.4, 0.5) is 0 Å². The lowest BCUT2D eigenvalue weighted by Crippen LogP contribution is -2.29. The average molecular weight is 327 g/mol. The Hall–Kier alpha value is -1.40. The van der Waals surface area contributed by atoms with E-state index < -0.39 is 7.12 Å². The Morgan fingerprint density at radius 1 is 0.952 bits per heavy atom. The van der Waals surface area contributed by atoms with Gasteiger partial charge in [-0.15, -0.1) is 0 Å². The quantitative estimate of drug-likeness (QED) is 0.630. The fourth-order valence-corrected chi connectivity index (χ4v) is 2.13. The lowest BCUT2D eigenvalue weighted by molar-refractivity contribution is 0.217. The van der Waals surface area contributed by atoms with Gasteiger partial charge in [-0.1, -0.05) is 35.3 Å². The molecule has 0 saturated heterocycles. The van der Waals surface area contributed by atoms with Crippen LogP contribution >= 0.6 is 23.2 Å². The number of ether oxygens (including phenoxy) is 2. The zero-order valence-corrected chi connectivity index (χ0v) is 12.5. The van der Waals surface area contributed by atoms with Gasteiger partial charge in [-0.2, -0.15) is 0 Å². The van der Waals surface area contributed by atoms with E-state index >= 15 is 0 Å². The molecule has 110 valence electrons. The van der Waals surface area contributed by atoms with Crippen molar-refractivity contribution in [3.63, 3.8) is 0 Å². The monoisotopic (exact) mass is 326 g/mol. The van der Waals surface area contributed by atoms with Crippen LogP contribution in [0.2, 0.25) is 10.0 Å². The molecule has 0 aromatic heterocycles. The molecule has 0 radical (unpaired) electrons. The molecule has 0 spiro atoms. The van der Waals surface area contributed by atoms with E-state index in [4.69, 9.17) is 42.7 Å². The van der Waals surface area contributed by atoms with E-state index in [1.165, 1.54) is 0 Å². The number of benzene rings is 2. The van der Waals surface area contributed by atoms with Gasteiger partial charge in [-0.05, 0) is 35.8 Å². The molecular weight excluding hydrogens is 314 g/mol. The third-order valence-corrected chi connectivity index (χ3v) is 3.19. The zero-order chi connectivity index (χ0) is 15.2. The van der Waals surface area contributed by atoms with Gasteiger partial charge in [0.05, 0.1) is 5.02 Å². The van der Waals surface area contributed by atoms with Gasteiger partial charge in [-0.3, -0.25) is 0 Å². The highest BCUT2D eigenvalue weighted by atomic mass is 35.5. The van der Waals surface area contributed by atoms with Crippen LogP contribution in [0, 0.1) is 0 Å². The molecule has 0 heterocycles. The first kappa shape index (κ1) is 16.0. The van der Waals surface area contributed by atoms with Crippen LogP contribution < -0.4 is 14.9 Å². The minimum atomic E-state index is -1.52. The van der Waals surface area contributed by atoms with E-state index in [1.807, 2.05) is 0 Å². The topological polar surface area (TPSA) is 58.9 Å². The Morgan fingerprint density at radius 2 is 1.71 bits per heavy atom. The summed E-state index contributed by atoms with van der Waals surface area (Å²) in [5.41, 5.74) is 0.370. The zero-order valence-electron chi connectivity index (χ0n) is 11.0. The molecule has 2 aromatic carbocycles. The van der Waals surface area contributed by atoms with Crippen molar-refractivity contribution in [3.8, 4) is 11.5 Å². The number of hydrogen-bond donors (Lipinski definition) is 2. The van der Waals surface area contributed by atoms with Gasteiger partial charge < -0.3 is 19.5 Å². The second kappa shape index (κ2) is 7.57.